The number of nitrogens with zero attached hydrogens (tertiary/aromatic N) is 1. The first-order valence-corrected chi connectivity index (χ1v) is 4.83. The molecule has 1 amide bonds. The van der Waals surface area contributed by atoms with Crippen LogP contribution in [-0.4, -0.2) is 10.9 Å². The molecule has 0 fully saturated rings. The van der Waals surface area contributed by atoms with Gasteiger partial charge in [0.15, 0.2) is 5.13 Å². The lowest BCUT2D eigenvalue weighted by Gasteiger charge is -1.93. The Morgan fingerprint density at radius 1 is 1.58 bits per heavy atom. The predicted molar refractivity (Wildman–Crippen MR) is 48.4 cm³/mol. The highest BCUT2D eigenvalue weighted by Gasteiger charge is 2.16. The van der Waals surface area contributed by atoms with Crippen molar-refractivity contribution in [3.63, 3.8) is 0 Å². The third kappa shape index (κ3) is 1.34. The van der Waals surface area contributed by atoms with Crippen LogP contribution in [0.5, 0.6) is 0 Å². The van der Waals surface area contributed by atoms with Gasteiger partial charge in [-0.25, -0.2) is 4.98 Å². The second-order valence-corrected chi connectivity index (χ2v) is 4.01. The number of hydrogen-bond donors (Lipinski definition) is 1. The van der Waals surface area contributed by atoms with Crippen molar-refractivity contribution < 1.29 is 4.79 Å². The van der Waals surface area contributed by atoms with Gasteiger partial charge in [0, 0.05) is 11.8 Å². The topological polar surface area (TPSA) is 42.0 Å². The van der Waals surface area contributed by atoms with Crippen LogP contribution in [0, 0.1) is 0 Å². The van der Waals surface area contributed by atoms with Crippen molar-refractivity contribution in [3.05, 3.63) is 10.6 Å². The van der Waals surface area contributed by atoms with Crippen LogP contribution in [0.15, 0.2) is 0 Å². The Morgan fingerprint density at radius 2 is 2.42 bits per heavy atom. The summed E-state index contributed by atoms with van der Waals surface area (Å²) >= 11 is 1.61. The highest BCUT2D eigenvalue weighted by Crippen LogP contribution is 2.30. The van der Waals surface area contributed by atoms with Crippen molar-refractivity contribution in [3.8, 4) is 0 Å². The number of hydrogen-bond acceptors (Lipinski definition) is 3. The molecule has 0 atom stereocenters. The van der Waals surface area contributed by atoms with E-state index in [1.165, 1.54) is 23.9 Å². The number of rotatable bonds is 1. The van der Waals surface area contributed by atoms with E-state index in [0.29, 0.717) is 0 Å². The number of fused-ring (bicyclic) bond motifs is 1. The molecule has 1 aliphatic carbocycles. The zero-order valence-electron chi connectivity index (χ0n) is 6.89. The van der Waals surface area contributed by atoms with Crippen LogP contribution in [0.4, 0.5) is 5.13 Å². The van der Waals surface area contributed by atoms with Crippen LogP contribution < -0.4 is 5.32 Å². The average molecular weight is 182 g/mol. The van der Waals surface area contributed by atoms with E-state index in [1.54, 1.807) is 11.3 Å². The molecule has 1 N–H and O–H groups in total. The number of thiazole rings is 1. The van der Waals surface area contributed by atoms with Gasteiger partial charge in [-0.1, -0.05) is 0 Å². The maximum absolute atomic E-state index is 10.7. The largest absolute Gasteiger partial charge is 0.302 e. The summed E-state index contributed by atoms with van der Waals surface area (Å²) in [7, 11) is 0. The van der Waals surface area contributed by atoms with E-state index in [0.717, 1.165) is 18.0 Å². The van der Waals surface area contributed by atoms with Crippen molar-refractivity contribution in [1.82, 2.24) is 4.98 Å². The van der Waals surface area contributed by atoms with Gasteiger partial charge >= 0.3 is 0 Å². The van der Waals surface area contributed by atoms with Crippen LogP contribution in [0.3, 0.4) is 0 Å². The monoisotopic (exact) mass is 182 g/mol. The normalized spacial score (nSPS) is 14.4. The molecule has 0 saturated carbocycles. The molecule has 4 heteroatoms. The van der Waals surface area contributed by atoms with Crippen molar-refractivity contribution in [2.24, 2.45) is 0 Å². The molecule has 0 aromatic carbocycles. The van der Waals surface area contributed by atoms with Crippen LogP contribution in [0.1, 0.15) is 23.9 Å². The minimum absolute atomic E-state index is 0.0394. The second-order valence-electron chi connectivity index (χ2n) is 2.92. The molecule has 0 spiro atoms. The molecular formula is C8H10N2OS. The molecule has 1 heterocycles. The maximum atomic E-state index is 10.7. The Bertz CT molecular complexity index is 297. The molecule has 0 bridgehead atoms. The zero-order valence-corrected chi connectivity index (χ0v) is 7.70. The van der Waals surface area contributed by atoms with Gasteiger partial charge in [0.2, 0.25) is 5.91 Å². The molecule has 0 radical (unpaired) electrons. The second kappa shape index (κ2) is 2.86. The number of carbonyl (C=O) groups excluding carboxylic acids is 1. The summed E-state index contributed by atoms with van der Waals surface area (Å²) in [5, 5.41) is 3.46. The van der Waals surface area contributed by atoms with Crippen LogP contribution in [0.25, 0.3) is 0 Å². The first kappa shape index (κ1) is 7.73. The van der Waals surface area contributed by atoms with Gasteiger partial charge in [-0.2, -0.15) is 0 Å². The summed E-state index contributed by atoms with van der Waals surface area (Å²) in [6.45, 7) is 1.51. The summed E-state index contributed by atoms with van der Waals surface area (Å²) in [6.07, 6.45) is 3.42. The SMILES string of the molecule is CC(=O)Nc1nc2c(s1)CCC2. The maximum Gasteiger partial charge on any atom is 0.223 e. The van der Waals surface area contributed by atoms with Gasteiger partial charge in [-0.3, -0.25) is 4.79 Å². The number of nitrogens with one attached hydrogen (secondary N) is 1. The van der Waals surface area contributed by atoms with Crippen molar-refractivity contribution in [2.75, 3.05) is 5.32 Å². The molecule has 0 aliphatic heterocycles. The van der Waals surface area contributed by atoms with E-state index in [-0.39, 0.29) is 5.91 Å². The number of aryl methyl sites for hydroxylation is 2. The smallest absolute Gasteiger partial charge is 0.223 e. The van der Waals surface area contributed by atoms with E-state index >= 15 is 0 Å². The van der Waals surface area contributed by atoms with Crippen LogP contribution in [-0.2, 0) is 17.6 Å². The van der Waals surface area contributed by atoms with Gasteiger partial charge in [-0.05, 0) is 19.3 Å². The van der Waals surface area contributed by atoms with E-state index in [4.69, 9.17) is 0 Å². The Morgan fingerprint density at radius 3 is 3.08 bits per heavy atom. The lowest BCUT2D eigenvalue weighted by molar-refractivity contribution is -0.114. The van der Waals surface area contributed by atoms with E-state index in [2.05, 4.69) is 10.3 Å². The fourth-order valence-corrected chi connectivity index (χ4v) is 2.49. The Labute approximate surface area is 74.8 Å². The lowest BCUT2D eigenvalue weighted by atomic mass is 10.4. The third-order valence-electron chi connectivity index (χ3n) is 1.88. The first-order valence-electron chi connectivity index (χ1n) is 4.02. The number of anilines is 1. The summed E-state index contributed by atoms with van der Waals surface area (Å²) in [4.78, 5) is 16.4. The molecule has 1 aromatic heterocycles. The fourth-order valence-electron chi connectivity index (χ4n) is 1.39. The molecular weight excluding hydrogens is 172 g/mol. The molecule has 2 rings (SSSR count). The van der Waals surface area contributed by atoms with Crippen molar-refractivity contribution in [1.29, 1.82) is 0 Å². The molecule has 64 valence electrons. The number of carbonyl (C=O) groups is 1. The first-order chi connectivity index (χ1) is 5.75. The third-order valence-corrected chi connectivity index (χ3v) is 2.95. The van der Waals surface area contributed by atoms with Gasteiger partial charge in [0.25, 0.3) is 0 Å². The molecule has 1 aromatic rings. The summed E-state index contributed by atoms with van der Waals surface area (Å²) in [5.74, 6) is -0.0394. The molecule has 1 aliphatic rings. The van der Waals surface area contributed by atoms with Crippen LogP contribution >= 0.6 is 11.3 Å². The Balaban J connectivity index is 2.20. The van der Waals surface area contributed by atoms with Gasteiger partial charge in [0.05, 0.1) is 5.69 Å². The average Bonchev–Trinajstić information content (AvgIpc) is 2.43. The lowest BCUT2D eigenvalue weighted by Crippen LogP contribution is -2.05. The van der Waals surface area contributed by atoms with E-state index in [9.17, 15) is 4.79 Å². The fraction of sp³-hybridized carbons (Fsp3) is 0.500. The number of amides is 1. The van der Waals surface area contributed by atoms with Gasteiger partial charge in [-0.15, -0.1) is 11.3 Å². The highest BCUT2D eigenvalue weighted by atomic mass is 32.1. The predicted octanol–water partition coefficient (Wildman–Crippen LogP) is 1.59. The minimum atomic E-state index is -0.0394. The summed E-state index contributed by atoms with van der Waals surface area (Å²) in [6, 6.07) is 0. The van der Waals surface area contributed by atoms with Crippen molar-refractivity contribution >= 4 is 22.4 Å². The summed E-state index contributed by atoms with van der Waals surface area (Å²) in [5.41, 5.74) is 1.18. The number of aromatic nitrogens is 1. The molecule has 0 saturated heterocycles. The van der Waals surface area contributed by atoms with Gasteiger partial charge < -0.3 is 5.32 Å². The minimum Gasteiger partial charge on any atom is -0.302 e. The standard InChI is InChI=1S/C8H10N2OS/c1-5(11)9-8-10-6-3-2-4-7(6)12-8/h2-4H2,1H3,(H,9,10,11). The van der Waals surface area contributed by atoms with Crippen LogP contribution in [0.2, 0.25) is 0 Å². The molecule has 3 nitrogen and oxygen atoms in total. The molecule has 0 unspecified atom stereocenters. The Kier molecular flexibility index (Phi) is 1.84. The van der Waals surface area contributed by atoms with E-state index < -0.39 is 0 Å². The van der Waals surface area contributed by atoms with E-state index in [1.807, 2.05) is 0 Å². The zero-order chi connectivity index (χ0) is 8.55. The molecule has 12 heavy (non-hydrogen) atoms. The van der Waals surface area contributed by atoms with Crippen molar-refractivity contribution in [2.45, 2.75) is 26.2 Å². The highest BCUT2D eigenvalue weighted by molar-refractivity contribution is 7.15. The quantitative estimate of drug-likeness (QED) is 0.716. The Hall–Kier alpha value is -0.900. The van der Waals surface area contributed by atoms with Gasteiger partial charge in [0.1, 0.15) is 0 Å². The summed E-state index contributed by atoms with van der Waals surface area (Å²) < 4.78 is 0.